The lowest BCUT2D eigenvalue weighted by Crippen LogP contribution is -2.64. The Kier molecular flexibility index (Phi) is 10.4. The minimum atomic E-state index is -0.111. The highest BCUT2D eigenvalue weighted by atomic mass is 16.9. The first kappa shape index (κ1) is 20.2. The van der Waals surface area contributed by atoms with E-state index >= 15 is 0 Å². The van der Waals surface area contributed by atoms with E-state index in [1.165, 1.54) is 0 Å². The third-order valence-corrected chi connectivity index (χ3v) is 3.30. The third kappa shape index (κ3) is 6.66. The van der Waals surface area contributed by atoms with Crippen molar-refractivity contribution in [3.05, 3.63) is 25.3 Å². The number of rotatable bonds is 14. The zero-order valence-electron chi connectivity index (χ0n) is 12.7. The summed E-state index contributed by atoms with van der Waals surface area (Å²) in [7, 11) is 0. The Morgan fingerprint density at radius 2 is 0.952 bits per heavy atom. The van der Waals surface area contributed by atoms with Crippen LogP contribution < -0.4 is 0 Å². The van der Waals surface area contributed by atoms with E-state index in [9.17, 15) is 20.4 Å². The van der Waals surface area contributed by atoms with Gasteiger partial charge in [0.05, 0.1) is 26.4 Å². The van der Waals surface area contributed by atoms with Crippen LogP contribution in [0.15, 0.2) is 25.3 Å². The number of quaternary nitrogens is 2. The highest BCUT2D eigenvalue weighted by Crippen LogP contribution is 2.18. The summed E-state index contributed by atoms with van der Waals surface area (Å²) in [6.07, 6.45) is 3.32. The minimum absolute atomic E-state index is 0.0235. The molecule has 0 spiro atoms. The van der Waals surface area contributed by atoms with Gasteiger partial charge in [-0.2, -0.15) is 0 Å². The van der Waals surface area contributed by atoms with Gasteiger partial charge < -0.3 is 20.4 Å². The third-order valence-electron chi connectivity index (χ3n) is 3.30. The van der Waals surface area contributed by atoms with Crippen molar-refractivity contribution >= 4 is 0 Å². The Bertz CT molecular complexity index is 259. The Balaban J connectivity index is 5.40. The van der Waals surface area contributed by atoms with Crippen LogP contribution >= 0.6 is 0 Å². The van der Waals surface area contributed by atoms with E-state index < -0.39 is 0 Å². The summed E-state index contributed by atoms with van der Waals surface area (Å²) in [5, 5.41) is 37.2. The summed E-state index contributed by atoms with van der Waals surface area (Å²) in [5.41, 5.74) is 0. The molecule has 124 valence electrons. The Morgan fingerprint density at radius 1 is 0.667 bits per heavy atom. The molecule has 0 aromatic carbocycles. The molecule has 0 saturated carbocycles. The lowest BCUT2D eigenvalue weighted by atomic mass is 10.4. The summed E-state index contributed by atoms with van der Waals surface area (Å²) in [6.45, 7) is 8.85. The molecule has 0 aromatic rings. The van der Waals surface area contributed by atoms with E-state index in [1.54, 1.807) is 12.2 Å². The number of hydrogen-bond donors (Lipinski definition) is 4. The van der Waals surface area contributed by atoms with Gasteiger partial charge >= 0.3 is 0 Å². The predicted molar refractivity (Wildman–Crippen MR) is 79.5 cm³/mol. The maximum atomic E-state index is 9.30. The van der Waals surface area contributed by atoms with Gasteiger partial charge in [-0.05, 0) is 17.1 Å². The number of aliphatic hydroxyl groups excluding tert-OH is 4. The van der Waals surface area contributed by atoms with Crippen molar-refractivity contribution in [1.29, 1.82) is 0 Å². The fourth-order valence-electron chi connectivity index (χ4n) is 2.39. The van der Waals surface area contributed by atoms with Crippen LogP contribution in [-0.4, -0.2) is 95.4 Å². The van der Waals surface area contributed by atoms with E-state index in [2.05, 4.69) is 13.2 Å². The average Bonchev–Trinajstić information content (AvgIpc) is 2.40. The summed E-state index contributed by atoms with van der Waals surface area (Å²) >= 11 is 0. The maximum absolute atomic E-state index is 9.30. The zero-order chi connectivity index (χ0) is 16.2. The van der Waals surface area contributed by atoms with E-state index in [0.717, 1.165) is 0 Å². The molecule has 4 N–H and O–H groups in total. The number of hydroxylamine groups is 6. The molecule has 0 rings (SSSR count). The van der Waals surface area contributed by atoms with Crippen LogP contribution in [0.4, 0.5) is 0 Å². The van der Waals surface area contributed by atoms with Crippen molar-refractivity contribution in [1.82, 2.24) is 0 Å². The van der Waals surface area contributed by atoms with Crippen LogP contribution in [0, 0.1) is 0 Å². The van der Waals surface area contributed by atoms with Crippen LogP contribution in [0.2, 0.25) is 0 Å². The van der Waals surface area contributed by atoms with Gasteiger partial charge in [-0.15, -0.1) is 9.29 Å². The Hall–Kier alpha value is -0.800. The normalized spacial score (nSPS) is 12.4. The first-order valence-corrected chi connectivity index (χ1v) is 7.16. The van der Waals surface area contributed by atoms with Crippen LogP contribution in [0.3, 0.4) is 0 Å². The molecule has 7 heteroatoms. The molecule has 7 nitrogen and oxygen atoms in total. The largest absolute Gasteiger partial charge is 0.390 e. The van der Waals surface area contributed by atoms with Gasteiger partial charge in [0, 0.05) is 0 Å². The second-order valence-electron chi connectivity index (χ2n) is 4.93. The topological polar surface area (TPSA) is 90.2 Å². The second kappa shape index (κ2) is 10.9. The summed E-state index contributed by atoms with van der Waals surface area (Å²) in [6, 6.07) is 0. The van der Waals surface area contributed by atoms with Gasteiger partial charge in [-0.3, -0.25) is 0 Å². The Morgan fingerprint density at radius 3 is 1.14 bits per heavy atom. The Labute approximate surface area is 126 Å². The molecule has 0 fully saturated rings. The summed E-state index contributed by atoms with van der Waals surface area (Å²) in [5.74, 6) is 0. The minimum Gasteiger partial charge on any atom is -0.390 e. The molecule has 0 radical (unpaired) electrons. The molecule has 0 amide bonds. The molecule has 0 aromatic heterocycles. The van der Waals surface area contributed by atoms with Gasteiger partial charge in [0.15, 0.2) is 0 Å². The van der Waals surface area contributed by atoms with Gasteiger partial charge in [0.2, 0.25) is 0 Å². The van der Waals surface area contributed by atoms with Crippen molar-refractivity contribution in [2.45, 2.75) is 0 Å². The van der Waals surface area contributed by atoms with Gasteiger partial charge in [-0.1, -0.05) is 13.2 Å². The summed E-state index contributed by atoms with van der Waals surface area (Å²) in [4.78, 5) is 6.16. The maximum Gasteiger partial charge on any atom is 0.138 e. The molecule has 0 atom stereocenters. The SMILES string of the molecule is C=CC[N+](CCO)(CCO)O[N+](CC=C)(CCO)CCO. The molecule has 0 saturated heterocycles. The smallest absolute Gasteiger partial charge is 0.138 e. The molecule has 0 aliphatic carbocycles. The summed E-state index contributed by atoms with van der Waals surface area (Å²) < 4.78 is -0.0469. The van der Waals surface area contributed by atoms with Gasteiger partial charge in [0.25, 0.3) is 0 Å². The molecular weight excluding hydrogens is 276 g/mol. The fraction of sp³-hybridized carbons (Fsp3) is 0.714. The second-order valence-corrected chi connectivity index (χ2v) is 4.93. The van der Waals surface area contributed by atoms with E-state index in [0.29, 0.717) is 13.1 Å². The van der Waals surface area contributed by atoms with Crippen molar-refractivity contribution < 1.29 is 34.7 Å². The molecule has 0 aliphatic rings. The molecule has 0 unspecified atom stereocenters. The van der Waals surface area contributed by atoms with E-state index in [1.807, 2.05) is 0 Å². The first-order chi connectivity index (χ1) is 10.1. The van der Waals surface area contributed by atoms with Gasteiger partial charge in [-0.25, -0.2) is 0 Å². The first-order valence-electron chi connectivity index (χ1n) is 7.16. The standard InChI is InChI=1S/C14H30N2O5/c1-3-5-15(7-11-17,8-12-18)21-16(6-4-2,9-13-19)10-14-20/h3-4,17-20H,1-2,5-14H2/q+2. The number of hydrogen-bond acceptors (Lipinski definition) is 5. The van der Waals surface area contributed by atoms with Crippen LogP contribution in [0.1, 0.15) is 0 Å². The fourth-order valence-corrected chi connectivity index (χ4v) is 2.39. The molecule has 0 aliphatic heterocycles. The van der Waals surface area contributed by atoms with Crippen molar-refractivity contribution in [3.63, 3.8) is 0 Å². The van der Waals surface area contributed by atoms with Crippen LogP contribution in [0.5, 0.6) is 0 Å². The van der Waals surface area contributed by atoms with E-state index in [4.69, 9.17) is 4.94 Å². The number of nitrogens with zero attached hydrogens (tertiary/aromatic N) is 2. The predicted octanol–water partition coefficient (Wildman–Crippen LogP) is -1.19. The van der Waals surface area contributed by atoms with Crippen LogP contribution in [0.25, 0.3) is 0 Å². The molecular formula is C14H30N2O5+2. The van der Waals surface area contributed by atoms with E-state index in [-0.39, 0.29) is 61.9 Å². The molecule has 0 heterocycles. The quantitative estimate of drug-likeness (QED) is 0.184. The van der Waals surface area contributed by atoms with Crippen LogP contribution in [-0.2, 0) is 4.94 Å². The monoisotopic (exact) mass is 306 g/mol. The van der Waals surface area contributed by atoms with Crippen molar-refractivity contribution in [2.75, 3.05) is 65.7 Å². The molecule has 0 bridgehead atoms. The van der Waals surface area contributed by atoms with Gasteiger partial charge in [0.1, 0.15) is 39.3 Å². The van der Waals surface area contributed by atoms with Crippen molar-refractivity contribution in [3.8, 4) is 0 Å². The zero-order valence-corrected chi connectivity index (χ0v) is 12.7. The lowest BCUT2D eigenvalue weighted by molar-refractivity contribution is -1.34. The van der Waals surface area contributed by atoms with Crippen molar-refractivity contribution in [2.24, 2.45) is 0 Å². The highest BCUT2D eigenvalue weighted by Gasteiger charge is 2.41. The lowest BCUT2D eigenvalue weighted by Gasteiger charge is -2.41. The molecule has 21 heavy (non-hydrogen) atoms. The highest BCUT2D eigenvalue weighted by molar-refractivity contribution is 4.65. The number of aliphatic hydroxyl groups is 4. The average molecular weight is 306 g/mol.